The van der Waals surface area contributed by atoms with Crippen molar-refractivity contribution in [3.05, 3.63) is 75.9 Å². The fourth-order valence-electron chi connectivity index (χ4n) is 3.81. The Bertz CT molecular complexity index is 1650. The molecule has 38 heavy (non-hydrogen) atoms. The molecule has 200 valence electrons. The summed E-state index contributed by atoms with van der Waals surface area (Å²) in [6, 6.07) is 14.0. The largest absolute Gasteiger partial charge is 0.455 e. The molecule has 0 aliphatic heterocycles. The molecule has 4 rings (SSSR count). The van der Waals surface area contributed by atoms with Crippen LogP contribution in [0, 0.1) is 6.92 Å². The maximum atomic E-state index is 13.7. The van der Waals surface area contributed by atoms with E-state index < -0.39 is 16.2 Å². The first kappa shape index (κ1) is 27.0. The molecule has 0 fully saturated rings. The number of aryl methyl sites for hydroxylation is 1. The lowest BCUT2D eigenvalue weighted by Gasteiger charge is -2.15. The van der Waals surface area contributed by atoms with Crippen molar-refractivity contribution in [3.8, 4) is 5.75 Å². The topological polar surface area (TPSA) is 127 Å². The highest BCUT2D eigenvalue weighted by molar-refractivity contribution is 7.87. The van der Waals surface area contributed by atoms with Gasteiger partial charge < -0.3 is 28.9 Å². The van der Waals surface area contributed by atoms with Crippen LogP contribution < -0.4 is 20.2 Å². The first-order valence-electron chi connectivity index (χ1n) is 11.9. The summed E-state index contributed by atoms with van der Waals surface area (Å²) in [6.45, 7) is 3.02. The van der Waals surface area contributed by atoms with Gasteiger partial charge in [0.25, 0.3) is 0 Å². The van der Waals surface area contributed by atoms with Crippen LogP contribution in [0.3, 0.4) is 0 Å². The number of anilines is 1. The average molecular weight is 540 g/mol. The van der Waals surface area contributed by atoms with Gasteiger partial charge in [-0.05, 0) is 63.5 Å². The summed E-state index contributed by atoms with van der Waals surface area (Å²) in [4.78, 5) is 27.4. The number of nitrogens with zero attached hydrogens (tertiary/aromatic N) is 1. The van der Waals surface area contributed by atoms with E-state index in [1.54, 1.807) is 24.3 Å². The number of fused-ring (bicyclic) bond motifs is 2. The Hall–Kier alpha value is -4.09. The Kier molecular flexibility index (Phi) is 7.88. The minimum absolute atomic E-state index is 0.00174. The van der Waals surface area contributed by atoms with Gasteiger partial charge in [-0.15, -0.1) is 0 Å². The minimum atomic E-state index is -4.11. The molecule has 10 nitrogen and oxygen atoms in total. The first-order valence-corrected chi connectivity index (χ1v) is 13.3. The fraction of sp³-hybridized carbons (Fsp3) is 0.259. The second-order valence-corrected chi connectivity index (χ2v) is 10.5. The van der Waals surface area contributed by atoms with E-state index >= 15 is 0 Å². The van der Waals surface area contributed by atoms with Crippen molar-refractivity contribution in [1.29, 1.82) is 0 Å². The smallest absolute Gasteiger partial charge is 0.407 e. The van der Waals surface area contributed by atoms with Crippen LogP contribution >= 0.6 is 0 Å². The van der Waals surface area contributed by atoms with Crippen LogP contribution in [-0.2, 0) is 21.5 Å². The number of rotatable bonds is 9. The molecule has 3 aromatic carbocycles. The van der Waals surface area contributed by atoms with Gasteiger partial charge in [0.15, 0.2) is 0 Å². The van der Waals surface area contributed by atoms with Gasteiger partial charge in [-0.1, -0.05) is 17.7 Å². The van der Waals surface area contributed by atoms with Crippen molar-refractivity contribution >= 4 is 43.8 Å². The summed E-state index contributed by atoms with van der Waals surface area (Å²) in [5.74, 6) is -0.0223. The Morgan fingerprint density at radius 3 is 2.47 bits per heavy atom. The molecule has 1 heterocycles. The number of hydrogen-bond donors (Lipinski definition) is 2. The number of carbonyl (C=O) groups excluding carboxylic acids is 1. The molecule has 2 N–H and O–H groups in total. The lowest BCUT2D eigenvalue weighted by molar-refractivity contribution is 0.142. The van der Waals surface area contributed by atoms with E-state index in [9.17, 15) is 18.0 Å². The van der Waals surface area contributed by atoms with Crippen molar-refractivity contribution in [2.45, 2.75) is 18.4 Å². The Balaban J connectivity index is 1.80. The van der Waals surface area contributed by atoms with Gasteiger partial charge >= 0.3 is 16.2 Å². The van der Waals surface area contributed by atoms with E-state index in [-0.39, 0.29) is 44.6 Å². The molecule has 0 radical (unpaired) electrons. The molecule has 0 bridgehead atoms. The summed E-state index contributed by atoms with van der Waals surface area (Å²) < 4.78 is 42.2. The number of amides is 1. The summed E-state index contributed by atoms with van der Waals surface area (Å²) in [6.07, 6.45) is -0.619. The summed E-state index contributed by atoms with van der Waals surface area (Å²) in [5.41, 5.74) is 2.07. The van der Waals surface area contributed by atoms with E-state index in [1.807, 2.05) is 25.9 Å². The minimum Gasteiger partial charge on any atom is -0.455 e. The number of likely N-dealkylation sites (N-methyl/N-ethyl adjacent to an activating group) is 1. The molecular formula is C27H29N3O7S. The third-order valence-corrected chi connectivity index (χ3v) is 7.09. The monoisotopic (exact) mass is 539 g/mol. The van der Waals surface area contributed by atoms with Crippen LogP contribution in [0.15, 0.2) is 68.7 Å². The second-order valence-electron chi connectivity index (χ2n) is 8.97. The van der Waals surface area contributed by atoms with Gasteiger partial charge in [0.2, 0.25) is 5.43 Å². The molecule has 0 aliphatic rings. The molecular weight excluding hydrogens is 510 g/mol. The third-order valence-electron chi connectivity index (χ3n) is 5.83. The van der Waals surface area contributed by atoms with Gasteiger partial charge in [-0.25, -0.2) is 4.79 Å². The Morgan fingerprint density at radius 2 is 1.79 bits per heavy atom. The summed E-state index contributed by atoms with van der Waals surface area (Å²) in [5, 5.41) is 6.04. The van der Waals surface area contributed by atoms with E-state index in [0.29, 0.717) is 17.8 Å². The van der Waals surface area contributed by atoms with Gasteiger partial charge in [0.1, 0.15) is 28.4 Å². The number of carbonyl (C=O) groups is 1. The predicted octanol–water partition coefficient (Wildman–Crippen LogP) is 3.85. The highest BCUT2D eigenvalue weighted by atomic mass is 32.2. The lowest BCUT2D eigenvalue weighted by Crippen LogP contribution is -2.21. The zero-order valence-electron chi connectivity index (χ0n) is 21.5. The maximum Gasteiger partial charge on any atom is 0.407 e. The molecule has 1 amide bonds. The van der Waals surface area contributed by atoms with Crippen LogP contribution in [0.1, 0.15) is 11.1 Å². The standard InChI is InChI=1S/C27H29N3O7S/c1-17-5-9-20(10-6-17)38(33,34)37-19-8-12-23-21(15-19)25(31)24-22(29-13-14-30(3)4)11-7-18(26(24)36-23)16-35-27(32)28-2/h5-12,15,29H,13-14,16H2,1-4H3,(H,28,32). The summed E-state index contributed by atoms with van der Waals surface area (Å²) >= 11 is 0. The lowest BCUT2D eigenvalue weighted by atomic mass is 10.1. The molecule has 4 aromatic rings. The maximum absolute atomic E-state index is 13.7. The van der Waals surface area contributed by atoms with Gasteiger partial charge in [-0.2, -0.15) is 8.42 Å². The second kappa shape index (κ2) is 11.1. The van der Waals surface area contributed by atoms with Crippen molar-refractivity contribution in [1.82, 2.24) is 10.2 Å². The van der Waals surface area contributed by atoms with E-state index in [0.717, 1.165) is 12.1 Å². The number of benzene rings is 3. The van der Waals surface area contributed by atoms with Gasteiger partial charge in [-0.3, -0.25) is 4.79 Å². The zero-order chi connectivity index (χ0) is 27.4. The molecule has 0 aliphatic carbocycles. The van der Waals surface area contributed by atoms with Crippen molar-refractivity contribution in [2.75, 3.05) is 39.5 Å². The zero-order valence-corrected chi connectivity index (χ0v) is 22.3. The van der Waals surface area contributed by atoms with Crippen molar-refractivity contribution < 1.29 is 26.5 Å². The first-order chi connectivity index (χ1) is 18.1. The number of ether oxygens (including phenoxy) is 1. The van der Waals surface area contributed by atoms with Crippen LogP contribution in [0.5, 0.6) is 5.75 Å². The molecule has 0 spiro atoms. The Labute approximate surface area is 220 Å². The molecule has 0 atom stereocenters. The molecule has 0 saturated heterocycles. The number of nitrogens with one attached hydrogen (secondary N) is 2. The van der Waals surface area contributed by atoms with E-state index in [1.165, 1.54) is 37.4 Å². The average Bonchev–Trinajstić information content (AvgIpc) is 2.88. The molecule has 0 unspecified atom stereocenters. The SMILES string of the molecule is CNC(=O)OCc1ccc(NCCN(C)C)c2c(=O)c3cc(OS(=O)(=O)c4ccc(C)cc4)ccc3oc12. The molecule has 0 saturated carbocycles. The van der Waals surface area contributed by atoms with Gasteiger partial charge in [0, 0.05) is 31.4 Å². The molecule has 11 heteroatoms. The summed E-state index contributed by atoms with van der Waals surface area (Å²) in [7, 11) is 1.21. The number of hydrogen-bond acceptors (Lipinski definition) is 9. The number of alkyl carbamates (subject to hydrolysis) is 1. The predicted molar refractivity (Wildman–Crippen MR) is 145 cm³/mol. The van der Waals surface area contributed by atoms with Crippen LogP contribution in [-0.4, -0.2) is 53.6 Å². The molecule has 1 aromatic heterocycles. The Morgan fingerprint density at radius 1 is 1.05 bits per heavy atom. The normalized spacial score (nSPS) is 11.6. The van der Waals surface area contributed by atoms with Crippen molar-refractivity contribution in [3.63, 3.8) is 0 Å². The quantitative estimate of drug-likeness (QED) is 0.241. The van der Waals surface area contributed by atoms with E-state index in [4.69, 9.17) is 13.3 Å². The van der Waals surface area contributed by atoms with Crippen LogP contribution in [0.4, 0.5) is 10.5 Å². The van der Waals surface area contributed by atoms with E-state index in [2.05, 4.69) is 10.6 Å². The van der Waals surface area contributed by atoms with Crippen molar-refractivity contribution in [2.24, 2.45) is 0 Å². The van der Waals surface area contributed by atoms with Gasteiger partial charge in [0.05, 0.1) is 10.8 Å². The third kappa shape index (κ3) is 5.90. The van der Waals surface area contributed by atoms with Crippen LogP contribution in [0.25, 0.3) is 21.9 Å². The highest BCUT2D eigenvalue weighted by Gasteiger charge is 2.20. The fourth-order valence-corrected chi connectivity index (χ4v) is 4.73. The highest BCUT2D eigenvalue weighted by Crippen LogP contribution is 2.30. The van der Waals surface area contributed by atoms with Crippen LogP contribution in [0.2, 0.25) is 0 Å².